The normalized spacial score (nSPS) is 20.1. The summed E-state index contributed by atoms with van der Waals surface area (Å²) in [7, 11) is 0. The molecule has 0 spiro atoms. The summed E-state index contributed by atoms with van der Waals surface area (Å²) in [4.78, 5) is 26.3. The number of benzene rings is 1. The lowest BCUT2D eigenvalue weighted by molar-refractivity contribution is -0.126. The van der Waals surface area contributed by atoms with Crippen molar-refractivity contribution in [3.05, 3.63) is 46.9 Å². The monoisotopic (exact) mass is 333 g/mol. The van der Waals surface area contributed by atoms with E-state index in [1.54, 1.807) is 17.0 Å². The Hall–Kier alpha value is -2.41. The fourth-order valence-electron chi connectivity index (χ4n) is 3.05. The molecule has 0 fully saturated rings. The maximum atomic E-state index is 13.5. The number of hydrogen-bond donors (Lipinski definition) is 2. The predicted octanol–water partition coefficient (Wildman–Crippen LogP) is 1.70. The van der Waals surface area contributed by atoms with Gasteiger partial charge in [0.15, 0.2) is 0 Å². The van der Waals surface area contributed by atoms with Crippen LogP contribution in [0.15, 0.2) is 35.5 Å². The van der Waals surface area contributed by atoms with E-state index in [2.05, 4.69) is 10.6 Å². The molecular weight excluding hydrogens is 313 g/mol. The van der Waals surface area contributed by atoms with Crippen LogP contribution in [-0.2, 0) is 9.53 Å². The lowest BCUT2D eigenvalue weighted by Gasteiger charge is -2.25. The second-order valence-electron chi connectivity index (χ2n) is 5.76. The van der Waals surface area contributed by atoms with Crippen LogP contribution < -0.4 is 10.6 Å². The lowest BCUT2D eigenvalue weighted by atomic mass is 9.96. The Balaban J connectivity index is 1.79. The highest BCUT2D eigenvalue weighted by Crippen LogP contribution is 2.32. The molecule has 1 aromatic carbocycles. The second-order valence-corrected chi connectivity index (χ2v) is 5.76. The zero-order chi connectivity index (χ0) is 17.1. The number of rotatable bonds is 6. The van der Waals surface area contributed by atoms with E-state index in [0.29, 0.717) is 43.1 Å². The predicted molar refractivity (Wildman–Crippen MR) is 85.5 cm³/mol. The van der Waals surface area contributed by atoms with E-state index >= 15 is 0 Å². The number of ether oxygens (including phenoxy) is 1. The number of nitrogens with one attached hydrogen (secondary N) is 2. The van der Waals surface area contributed by atoms with Crippen LogP contribution in [0.4, 0.5) is 9.18 Å². The van der Waals surface area contributed by atoms with Crippen LogP contribution in [0.25, 0.3) is 0 Å². The standard InChI is InChI=1S/C17H20FN3O3/c1-2-24-8-4-7-21-10-13-14(16(21)22)15(20-17(23)19-13)11-5-3-6-12(18)9-11/h3,5-6,9,15H,2,4,7-8,10H2,1H3,(H2,19,20,23). The summed E-state index contributed by atoms with van der Waals surface area (Å²) >= 11 is 0. The van der Waals surface area contributed by atoms with E-state index in [1.165, 1.54) is 12.1 Å². The van der Waals surface area contributed by atoms with Crippen molar-refractivity contribution >= 4 is 11.9 Å². The van der Waals surface area contributed by atoms with Crippen LogP contribution in [0.1, 0.15) is 24.9 Å². The van der Waals surface area contributed by atoms with E-state index in [0.717, 1.165) is 6.42 Å². The molecule has 2 N–H and O–H groups in total. The van der Waals surface area contributed by atoms with Crippen molar-refractivity contribution < 1.29 is 18.7 Å². The first-order valence-electron chi connectivity index (χ1n) is 8.03. The Kier molecular flexibility index (Phi) is 4.80. The highest BCUT2D eigenvalue weighted by molar-refractivity contribution is 6.01. The summed E-state index contributed by atoms with van der Waals surface area (Å²) in [5.74, 6) is -0.537. The van der Waals surface area contributed by atoms with Gasteiger partial charge in [0, 0.05) is 19.8 Å². The number of amides is 3. The van der Waals surface area contributed by atoms with Gasteiger partial charge in [-0.2, -0.15) is 0 Å². The van der Waals surface area contributed by atoms with E-state index in [9.17, 15) is 14.0 Å². The molecule has 24 heavy (non-hydrogen) atoms. The number of carbonyl (C=O) groups is 2. The van der Waals surface area contributed by atoms with Crippen molar-refractivity contribution in [2.24, 2.45) is 0 Å². The summed E-state index contributed by atoms with van der Waals surface area (Å²) in [5.41, 5.74) is 1.63. The minimum Gasteiger partial charge on any atom is -0.382 e. The first-order chi connectivity index (χ1) is 11.6. The Morgan fingerprint density at radius 1 is 1.38 bits per heavy atom. The van der Waals surface area contributed by atoms with Gasteiger partial charge in [0.05, 0.1) is 23.9 Å². The molecule has 3 amide bonds. The van der Waals surface area contributed by atoms with Crippen LogP contribution in [-0.4, -0.2) is 43.1 Å². The largest absolute Gasteiger partial charge is 0.382 e. The van der Waals surface area contributed by atoms with E-state index in [1.807, 2.05) is 6.92 Å². The first-order valence-corrected chi connectivity index (χ1v) is 8.03. The van der Waals surface area contributed by atoms with Crippen LogP contribution >= 0.6 is 0 Å². The minimum absolute atomic E-state index is 0.136. The first kappa shape index (κ1) is 16.4. The molecule has 0 aliphatic carbocycles. The fourth-order valence-corrected chi connectivity index (χ4v) is 3.05. The summed E-state index contributed by atoms with van der Waals surface area (Å²) in [5, 5.41) is 5.41. The molecule has 2 heterocycles. The maximum absolute atomic E-state index is 13.5. The van der Waals surface area contributed by atoms with Gasteiger partial charge in [-0.1, -0.05) is 12.1 Å². The average Bonchev–Trinajstić information content (AvgIpc) is 2.87. The highest BCUT2D eigenvalue weighted by Gasteiger charge is 2.40. The number of carbonyl (C=O) groups excluding carboxylic acids is 2. The van der Waals surface area contributed by atoms with Gasteiger partial charge in [-0.15, -0.1) is 0 Å². The van der Waals surface area contributed by atoms with Gasteiger partial charge in [-0.05, 0) is 31.0 Å². The molecule has 3 rings (SSSR count). The SMILES string of the molecule is CCOCCCN1CC2=C(C1=O)C(c1cccc(F)c1)NC(=O)N2. The summed E-state index contributed by atoms with van der Waals surface area (Å²) in [6, 6.07) is 4.93. The Labute approximate surface area is 139 Å². The molecule has 0 bridgehead atoms. The minimum atomic E-state index is -0.631. The van der Waals surface area contributed by atoms with Crippen molar-refractivity contribution in [3.63, 3.8) is 0 Å². The van der Waals surface area contributed by atoms with Crippen molar-refractivity contribution in [1.82, 2.24) is 15.5 Å². The van der Waals surface area contributed by atoms with Crippen LogP contribution in [0.2, 0.25) is 0 Å². The average molecular weight is 333 g/mol. The Morgan fingerprint density at radius 3 is 2.96 bits per heavy atom. The summed E-state index contributed by atoms with van der Waals surface area (Å²) in [6.07, 6.45) is 0.728. The molecule has 2 aliphatic rings. The number of urea groups is 1. The Morgan fingerprint density at radius 2 is 2.21 bits per heavy atom. The van der Waals surface area contributed by atoms with Gasteiger partial charge in [0.25, 0.3) is 5.91 Å². The summed E-state index contributed by atoms with van der Waals surface area (Å²) < 4.78 is 18.8. The molecule has 0 saturated carbocycles. The van der Waals surface area contributed by atoms with Gasteiger partial charge < -0.3 is 20.3 Å². The third-order valence-electron chi connectivity index (χ3n) is 4.12. The zero-order valence-electron chi connectivity index (χ0n) is 13.5. The molecule has 0 radical (unpaired) electrons. The molecule has 128 valence electrons. The molecule has 7 heteroatoms. The molecule has 0 saturated heterocycles. The van der Waals surface area contributed by atoms with Gasteiger partial charge in [0.2, 0.25) is 0 Å². The van der Waals surface area contributed by atoms with Crippen molar-refractivity contribution in [3.8, 4) is 0 Å². The lowest BCUT2D eigenvalue weighted by Crippen LogP contribution is -2.44. The van der Waals surface area contributed by atoms with Gasteiger partial charge in [-0.25, -0.2) is 9.18 Å². The second kappa shape index (κ2) is 7.00. The smallest absolute Gasteiger partial charge is 0.319 e. The molecule has 6 nitrogen and oxygen atoms in total. The molecular formula is C17H20FN3O3. The van der Waals surface area contributed by atoms with Crippen LogP contribution in [0.3, 0.4) is 0 Å². The molecule has 1 atom stereocenters. The van der Waals surface area contributed by atoms with Gasteiger partial charge in [0.1, 0.15) is 5.82 Å². The van der Waals surface area contributed by atoms with E-state index in [-0.39, 0.29) is 11.9 Å². The zero-order valence-corrected chi connectivity index (χ0v) is 13.5. The van der Waals surface area contributed by atoms with Crippen molar-refractivity contribution in [2.45, 2.75) is 19.4 Å². The maximum Gasteiger partial charge on any atom is 0.319 e. The number of nitrogens with zero attached hydrogens (tertiary/aromatic N) is 1. The quantitative estimate of drug-likeness (QED) is 0.779. The van der Waals surface area contributed by atoms with Crippen molar-refractivity contribution in [1.29, 1.82) is 0 Å². The fraction of sp³-hybridized carbons (Fsp3) is 0.412. The van der Waals surface area contributed by atoms with Gasteiger partial charge >= 0.3 is 6.03 Å². The molecule has 2 aliphatic heterocycles. The molecule has 1 aromatic rings. The van der Waals surface area contributed by atoms with Crippen molar-refractivity contribution in [2.75, 3.05) is 26.3 Å². The highest BCUT2D eigenvalue weighted by atomic mass is 19.1. The Bertz CT molecular complexity index is 689. The van der Waals surface area contributed by atoms with E-state index in [4.69, 9.17) is 4.74 Å². The van der Waals surface area contributed by atoms with Crippen LogP contribution in [0, 0.1) is 5.82 Å². The topological polar surface area (TPSA) is 70.7 Å². The van der Waals surface area contributed by atoms with Crippen LogP contribution in [0.5, 0.6) is 0 Å². The summed E-state index contributed by atoms with van der Waals surface area (Å²) in [6.45, 7) is 4.07. The number of halogens is 1. The molecule has 1 unspecified atom stereocenters. The number of hydrogen-bond acceptors (Lipinski definition) is 3. The third-order valence-corrected chi connectivity index (χ3v) is 4.12. The third kappa shape index (κ3) is 3.26. The van der Waals surface area contributed by atoms with Gasteiger partial charge in [-0.3, -0.25) is 4.79 Å². The molecule has 0 aromatic heterocycles. The van der Waals surface area contributed by atoms with E-state index < -0.39 is 11.9 Å².